The molecule has 0 radical (unpaired) electrons. The van der Waals surface area contributed by atoms with Gasteiger partial charge in [0.15, 0.2) is 0 Å². The fraction of sp³-hybridized carbons (Fsp3) is 0.279. The van der Waals surface area contributed by atoms with E-state index in [0.29, 0.717) is 0 Å². The van der Waals surface area contributed by atoms with Gasteiger partial charge in [0.05, 0.1) is 24.5 Å². The molecule has 0 aliphatic carbocycles. The molecular formula is C43H47N5. The highest BCUT2D eigenvalue weighted by Crippen LogP contribution is 2.24. The van der Waals surface area contributed by atoms with E-state index in [2.05, 4.69) is 160 Å². The number of nitrogens with zero attached hydrogens (tertiary/aromatic N) is 5. The van der Waals surface area contributed by atoms with Crippen LogP contribution < -0.4 is 9.80 Å². The Morgan fingerprint density at radius 3 is 1.67 bits per heavy atom. The molecule has 5 aromatic rings. The summed E-state index contributed by atoms with van der Waals surface area (Å²) < 4.78 is 0. The van der Waals surface area contributed by atoms with Gasteiger partial charge in [-0.3, -0.25) is 0 Å². The molecule has 1 aromatic heterocycles. The van der Waals surface area contributed by atoms with E-state index in [1.807, 2.05) is 0 Å². The van der Waals surface area contributed by atoms with Gasteiger partial charge in [-0.15, -0.1) is 0 Å². The van der Waals surface area contributed by atoms with Crippen LogP contribution in [0, 0.1) is 0 Å². The molecule has 244 valence electrons. The van der Waals surface area contributed by atoms with Crippen molar-refractivity contribution in [2.45, 2.75) is 51.4 Å². The first kappa shape index (κ1) is 31.6. The van der Waals surface area contributed by atoms with Crippen LogP contribution in [0.15, 0.2) is 140 Å². The lowest BCUT2D eigenvalue weighted by Crippen LogP contribution is -2.27. The number of aromatic nitrogens is 1. The molecule has 7 rings (SSSR count). The molecule has 0 amide bonds. The van der Waals surface area contributed by atoms with Gasteiger partial charge in [-0.25, -0.2) is 4.98 Å². The fourth-order valence-electron chi connectivity index (χ4n) is 6.74. The summed E-state index contributed by atoms with van der Waals surface area (Å²) in [5, 5.41) is 1.19. The molecule has 0 unspecified atom stereocenters. The molecule has 0 saturated carbocycles. The van der Waals surface area contributed by atoms with E-state index in [9.17, 15) is 0 Å². The Kier molecular flexibility index (Phi) is 10.3. The lowest BCUT2D eigenvalue weighted by molar-refractivity contribution is 0.354. The van der Waals surface area contributed by atoms with Crippen molar-refractivity contribution in [2.24, 2.45) is 0 Å². The number of anilines is 2. The number of hydrogen-bond donors (Lipinski definition) is 0. The van der Waals surface area contributed by atoms with Crippen molar-refractivity contribution >= 4 is 22.3 Å². The summed E-state index contributed by atoms with van der Waals surface area (Å²) in [6.45, 7) is 4.08. The number of fused-ring (bicyclic) bond motifs is 1. The van der Waals surface area contributed by atoms with Gasteiger partial charge in [0.25, 0.3) is 0 Å². The standard InChI is InChI=1S/C43H47N5/c1(4-12-36-18-22-39(23-19-36)43-27-24-38-14-8-9-17-42(38)44-43)2-5-13-37-20-25-41(26-21-37)48-33-31-46(35-48)29-11-10-28-45-30-32-47(34-45)40-15-6-3-7-16-40/h3,6-9,14-27,30-33H,1-2,4-5,10-13,28-29,34-35H2. The molecule has 2 aliphatic rings. The van der Waals surface area contributed by atoms with Crippen LogP contribution in [-0.4, -0.2) is 41.2 Å². The molecule has 0 bridgehead atoms. The second-order valence-electron chi connectivity index (χ2n) is 13.2. The Bertz CT molecular complexity index is 1800. The van der Waals surface area contributed by atoms with Gasteiger partial charge in [0.1, 0.15) is 0 Å². The van der Waals surface area contributed by atoms with Crippen LogP contribution in [0.1, 0.15) is 49.7 Å². The Morgan fingerprint density at radius 2 is 1.02 bits per heavy atom. The number of aryl methyl sites for hydroxylation is 2. The number of rotatable bonds is 15. The molecule has 0 saturated heterocycles. The molecule has 0 spiro atoms. The molecule has 5 heteroatoms. The molecule has 0 fully saturated rings. The topological polar surface area (TPSA) is 25.9 Å². The summed E-state index contributed by atoms with van der Waals surface area (Å²) in [6.07, 6.45) is 18.6. The minimum Gasteiger partial charge on any atom is -0.358 e. The zero-order valence-electron chi connectivity index (χ0n) is 28.0. The molecule has 48 heavy (non-hydrogen) atoms. The Balaban J connectivity index is 0.751. The minimum atomic E-state index is 0.938. The van der Waals surface area contributed by atoms with Crippen molar-refractivity contribution in [1.29, 1.82) is 0 Å². The van der Waals surface area contributed by atoms with Gasteiger partial charge in [0, 0.05) is 60.2 Å². The van der Waals surface area contributed by atoms with E-state index in [0.717, 1.165) is 50.5 Å². The summed E-state index contributed by atoms with van der Waals surface area (Å²) in [6, 6.07) is 41.4. The van der Waals surface area contributed by atoms with Crippen molar-refractivity contribution in [2.75, 3.05) is 36.2 Å². The highest BCUT2D eigenvalue weighted by molar-refractivity contribution is 5.81. The molecule has 0 atom stereocenters. The second-order valence-corrected chi connectivity index (χ2v) is 13.2. The Labute approximate surface area is 286 Å². The largest absolute Gasteiger partial charge is 0.358 e. The summed E-state index contributed by atoms with van der Waals surface area (Å²) in [4.78, 5) is 14.3. The third-order valence-corrected chi connectivity index (χ3v) is 9.61. The highest BCUT2D eigenvalue weighted by atomic mass is 15.3. The number of hydrogen-bond acceptors (Lipinski definition) is 5. The maximum absolute atomic E-state index is 4.84. The molecule has 2 aliphatic heterocycles. The van der Waals surface area contributed by atoms with Gasteiger partial charge in [-0.05, 0) is 86.1 Å². The quantitative estimate of drug-likeness (QED) is 0.107. The predicted octanol–water partition coefficient (Wildman–Crippen LogP) is 9.83. The smallest absolute Gasteiger partial charge is 0.0941 e. The fourth-order valence-corrected chi connectivity index (χ4v) is 6.74. The molecular weight excluding hydrogens is 587 g/mol. The first-order chi connectivity index (χ1) is 23.8. The van der Waals surface area contributed by atoms with Gasteiger partial charge in [-0.2, -0.15) is 0 Å². The third-order valence-electron chi connectivity index (χ3n) is 9.61. The Morgan fingerprint density at radius 1 is 0.458 bits per heavy atom. The van der Waals surface area contributed by atoms with Crippen LogP contribution >= 0.6 is 0 Å². The van der Waals surface area contributed by atoms with Crippen LogP contribution in [0.3, 0.4) is 0 Å². The monoisotopic (exact) mass is 633 g/mol. The SMILES string of the molecule is C1=CN(c2ccccc2)CN1CCCCN1C=CN(c2ccc(CCCCCCc3ccc(-c4ccc5ccccc5n4)cc3)cc2)C1. The maximum atomic E-state index is 4.84. The van der Waals surface area contributed by atoms with Crippen LogP contribution in [-0.2, 0) is 12.8 Å². The zero-order chi connectivity index (χ0) is 32.4. The van der Waals surface area contributed by atoms with Gasteiger partial charge in [0.2, 0.25) is 0 Å². The Hall–Kier alpha value is -5.03. The van der Waals surface area contributed by atoms with E-state index >= 15 is 0 Å². The van der Waals surface area contributed by atoms with E-state index in [4.69, 9.17) is 4.98 Å². The summed E-state index contributed by atoms with van der Waals surface area (Å²) >= 11 is 0. The lowest BCUT2D eigenvalue weighted by atomic mass is 10.0. The zero-order valence-corrected chi connectivity index (χ0v) is 28.0. The first-order valence-corrected chi connectivity index (χ1v) is 17.7. The number of unbranched alkanes of at least 4 members (excludes halogenated alkanes) is 4. The summed E-state index contributed by atoms with van der Waals surface area (Å²) in [5.74, 6) is 0. The number of benzene rings is 4. The molecule has 5 nitrogen and oxygen atoms in total. The van der Waals surface area contributed by atoms with Gasteiger partial charge in [-0.1, -0.05) is 91.7 Å². The van der Waals surface area contributed by atoms with E-state index in [-0.39, 0.29) is 0 Å². The van der Waals surface area contributed by atoms with Crippen LogP contribution in [0.2, 0.25) is 0 Å². The third kappa shape index (κ3) is 8.27. The predicted molar refractivity (Wildman–Crippen MR) is 202 cm³/mol. The van der Waals surface area contributed by atoms with Gasteiger partial charge < -0.3 is 19.6 Å². The van der Waals surface area contributed by atoms with Crippen molar-refractivity contribution in [3.63, 3.8) is 0 Å². The van der Waals surface area contributed by atoms with Crippen molar-refractivity contribution in [3.05, 3.63) is 151 Å². The first-order valence-electron chi connectivity index (χ1n) is 17.7. The van der Waals surface area contributed by atoms with Crippen LogP contribution in [0.4, 0.5) is 11.4 Å². The van der Waals surface area contributed by atoms with E-state index in [1.165, 1.54) is 72.0 Å². The van der Waals surface area contributed by atoms with Crippen LogP contribution in [0.5, 0.6) is 0 Å². The van der Waals surface area contributed by atoms with Gasteiger partial charge >= 0.3 is 0 Å². The second kappa shape index (κ2) is 15.7. The molecule has 0 N–H and O–H groups in total. The molecule has 3 heterocycles. The molecule has 4 aromatic carbocycles. The van der Waals surface area contributed by atoms with Crippen molar-refractivity contribution < 1.29 is 0 Å². The van der Waals surface area contributed by atoms with Crippen molar-refractivity contribution in [1.82, 2.24) is 14.8 Å². The number of pyridine rings is 1. The average Bonchev–Trinajstić information content (AvgIpc) is 3.83. The summed E-state index contributed by atoms with van der Waals surface area (Å²) in [7, 11) is 0. The van der Waals surface area contributed by atoms with E-state index < -0.39 is 0 Å². The number of para-hydroxylation sites is 2. The van der Waals surface area contributed by atoms with E-state index in [1.54, 1.807) is 0 Å². The highest BCUT2D eigenvalue weighted by Gasteiger charge is 2.15. The normalized spacial score (nSPS) is 14.2. The van der Waals surface area contributed by atoms with Crippen LogP contribution in [0.25, 0.3) is 22.2 Å². The summed E-state index contributed by atoms with van der Waals surface area (Å²) in [5.41, 5.74) is 8.68. The lowest BCUT2D eigenvalue weighted by Gasteiger charge is -2.23. The van der Waals surface area contributed by atoms with Crippen molar-refractivity contribution in [3.8, 4) is 11.3 Å². The maximum Gasteiger partial charge on any atom is 0.0941 e. The minimum absolute atomic E-state index is 0.938. The average molecular weight is 634 g/mol.